The van der Waals surface area contributed by atoms with Gasteiger partial charge < -0.3 is 23.7 Å². The first-order valence-corrected chi connectivity index (χ1v) is 14.3. The number of hydrogen-bond donors (Lipinski definition) is 0. The molecular weight excluding hydrogens is 520 g/mol. The summed E-state index contributed by atoms with van der Waals surface area (Å²) in [7, 11) is 0. The lowest BCUT2D eigenvalue weighted by Gasteiger charge is -2.33. The van der Waals surface area contributed by atoms with Gasteiger partial charge in [0.05, 0.1) is 5.41 Å². The standard InChI is InChI=1S/C34H42O7/c1-33(2,3)30(25-18-13-19-25)39-22-26(40-32(36)34(4,5)6)27-28(37-20-23-14-9-7-10-15-23)29(31(35)41-27)38-21-24-16-11-8-12-17-24/h7-12,14-17,26-27H,13,18-22H2,1-6H3. The topological polar surface area (TPSA) is 80.3 Å². The van der Waals surface area contributed by atoms with Crippen LogP contribution < -0.4 is 0 Å². The van der Waals surface area contributed by atoms with Crippen LogP contribution in [0.4, 0.5) is 0 Å². The highest BCUT2D eigenvalue weighted by Gasteiger charge is 2.46. The van der Waals surface area contributed by atoms with Crippen LogP contribution in [0.15, 0.2) is 83.5 Å². The third-order valence-corrected chi connectivity index (χ3v) is 6.92. The van der Waals surface area contributed by atoms with Gasteiger partial charge in [0, 0.05) is 5.41 Å². The molecule has 0 bridgehead atoms. The summed E-state index contributed by atoms with van der Waals surface area (Å²) in [5, 5.41) is 0. The average Bonchev–Trinajstić information content (AvgIpc) is 3.21. The van der Waals surface area contributed by atoms with Crippen LogP contribution in [-0.4, -0.2) is 30.8 Å². The van der Waals surface area contributed by atoms with E-state index in [1.165, 1.54) is 5.57 Å². The van der Waals surface area contributed by atoms with E-state index in [1.807, 2.05) is 60.7 Å². The van der Waals surface area contributed by atoms with Gasteiger partial charge in [-0.1, -0.05) is 81.4 Å². The van der Waals surface area contributed by atoms with E-state index in [9.17, 15) is 9.59 Å². The van der Waals surface area contributed by atoms with E-state index in [0.717, 1.165) is 36.1 Å². The molecule has 1 aliphatic heterocycles. The number of carbonyl (C=O) groups is 2. The Bertz CT molecular complexity index is 1260. The molecule has 41 heavy (non-hydrogen) atoms. The summed E-state index contributed by atoms with van der Waals surface area (Å²) in [5.41, 5.74) is 2.06. The number of carbonyl (C=O) groups excluding carboxylic acids is 2. The van der Waals surface area contributed by atoms with Crippen molar-refractivity contribution in [3.05, 3.63) is 94.6 Å². The summed E-state index contributed by atoms with van der Waals surface area (Å²) in [6.07, 6.45) is 1.12. The molecule has 0 spiro atoms. The second-order valence-electron chi connectivity index (χ2n) is 12.6. The Kier molecular flexibility index (Phi) is 9.46. The number of benzene rings is 2. The zero-order chi connectivity index (χ0) is 29.6. The molecule has 4 rings (SSSR count). The van der Waals surface area contributed by atoms with Crippen molar-refractivity contribution < 1.29 is 33.3 Å². The van der Waals surface area contributed by atoms with Crippen molar-refractivity contribution in [3.63, 3.8) is 0 Å². The van der Waals surface area contributed by atoms with E-state index in [2.05, 4.69) is 20.8 Å². The Morgan fingerprint density at radius 3 is 1.90 bits per heavy atom. The molecular formula is C34H42O7. The van der Waals surface area contributed by atoms with Crippen LogP contribution in [-0.2, 0) is 46.5 Å². The van der Waals surface area contributed by atoms with Crippen LogP contribution in [0.3, 0.4) is 0 Å². The van der Waals surface area contributed by atoms with Crippen LogP contribution >= 0.6 is 0 Å². The fourth-order valence-corrected chi connectivity index (χ4v) is 4.53. The van der Waals surface area contributed by atoms with Crippen molar-refractivity contribution in [2.75, 3.05) is 6.61 Å². The predicted octanol–water partition coefficient (Wildman–Crippen LogP) is 7.02. The number of ether oxygens (including phenoxy) is 5. The van der Waals surface area contributed by atoms with E-state index < -0.39 is 29.6 Å². The van der Waals surface area contributed by atoms with Crippen molar-refractivity contribution in [1.82, 2.24) is 0 Å². The predicted molar refractivity (Wildman–Crippen MR) is 155 cm³/mol. The molecule has 0 aromatic heterocycles. The third kappa shape index (κ3) is 7.93. The maximum absolute atomic E-state index is 13.2. The molecule has 0 radical (unpaired) electrons. The molecule has 1 saturated carbocycles. The minimum Gasteiger partial charge on any atom is -0.493 e. The van der Waals surface area contributed by atoms with Crippen LogP contribution in [0, 0.1) is 10.8 Å². The van der Waals surface area contributed by atoms with E-state index in [-0.39, 0.29) is 36.8 Å². The van der Waals surface area contributed by atoms with Crippen molar-refractivity contribution in [2.45, 2.75) is 86.2 Å². The first-order valence-electron chi connectivity index (χ1n) is 14.3. The van der Waals surface area contributed by atoms with Crippen molar-refractivity contribution >= 4 is 11.9 Å². The molecule has 2 atom stereocenters. The lowest BCUT2D eigenvalue weighted by molar-refractivity contribution is -0.173. The molecule has 2 aliphatic rings. The highest BCUT2D eigenvalue weighted by Crippen LogP contribution is 2.39. The van der Waals surface area contributed by atoms with Gasteiger partial charge in [-0.3, -0.25) is 4.79 Å². The smallest absolute Gasteiger partial charge is 0.378 e. The van der Waals surface area contributed by atoms with Crippen molar-refractivity contribution in [2.24, 2.45) is 10.8 Å². The molecule has 0 amide bonds. The van der Waals surface area contributed by atoms with Crippen molar-refractivity contribution in [1.29, 1.82) is 0 Å². The van der Waals surface area contributed by atoms with Gasteiger partial charge in [0.1, 0.15) is 25.6 Å². The maximum Gasteiger partial charge on any atom is 0.378 e. The summed E-state index contributed by atoms with van der Waals surface area (Å²) >= 11 is 0. The van der Waals surface area contributed by atoms with Gasteiger partial charge in [-0.25, -0.2) is 4.79 Å². The highest BCUT2D eigenvalue weighted by molar-refractivity contribution is 5.90. The minimum absolute atomic E-state index is 0.0000320. The summed E-state index contributed by atoms with van der Waals surface area (Å²) in [4.78, 5) is 26.3. The lowest BCUT2D eigenvalue weighted by atomic mass is 9.82. The Morgan fingerprint density at radius 1 is 0.854 bits per heavy atom. The highest BCUT2D eigenvalue weighted by atomic mass is 16.6. The molecule has 2 unspecified atom stereocenters. The van der Waals surface area contributed by atoms with E-state index >= 15 is 0 Å². The van der Waals surface area contributed by atoms with Gasteiger partial charge in [-0.15, -0.1) is 0 Å². The lowest BCUT2D eigenvalue weighted by Crippen LogP contribution is -2.41. The number of hydrogen-bond acceptors (Lipinski definition) is 7. The van der Waals surface area contributed by atoms with E-state index in [0.29, 0.717) is 0 Å². The zero-order valence-electron chi connectivity index (χ0n) is 25.0. The molecule has 7 nitrogen and oxygen atoms in total. The number of rotatable bonds is 11. The molecule has 0 saturated heterocycles. The normalized spacial score (nSPS) is 17.9. The Morgan fingerprint density at radius 2 is 1.41 bits per heavy atom. The van der Waals surface area contributed by atoms with Crippen LogP contribution in [0.25, 0.3) is 0 Å². The van der Waals surface area contributed by atoms with Gasteiger partial charge in [-0.05, 0) is 56.7 Å². The third-order valence-electron chi connectivity index (χ3n) is 6.92. The SMILES string of the molecule is CC(C)(C)C(=O)OC(COC(=C1CCC1)C(C)(C)C)C1OC(=O)C(OCc2ccccc2)=C1OCc1ccccc1. The van der Waals surface area contributed by atoms with Gasteiger partial charge >= 0.3 is 11.9 Å². The maximum atomic E-state index is 13.2. The molecule has 7 heteroatoms. The van der Waals surface area contributed by atoms with E-state index in [4.69, 9.17) is 23.7 Å². The summed E-state index contributed by atoms with van der Waals surface area (Å²) < 4.78 is 30.4. The van der Waals surface area contributed by atoms with Crippen LogP contribution in [0.1, 0.15) is 71.9 Å². The Balaban J connectivity index is 1.65. The van der Waals surface area contributed by atoms with Gasteiger partial charge in [0.2, 0.25) is 11.9 Å². The molecule has 0 N–H and O–H groups in total. The Labute approximate surface area is 243 Å². The first-order chi connectivity index (χ1) is 19.4. The minimum atomic E-state index is -1.03. The molecule has 1 aliphatic carbocycles. The Hall–Kier alpha value is -3.74. The fraction of sp³-hybridized carbons (Fsp3) is 0.471. The molecule has 2 aromatic carbocycles. The molecule has 1 fully saturated rings. The van der Waals surface area contributed by atoms with E-state index in [1.54, 1.807) is 20.8 Å². The monoisotopic (exact) mass is 562 g/mol. The first kappa shape index (κ1) is 30.2. The van der Waals surface area contributed by atoms with Gasteiger partial charge in [0.25, 0.3) is 0 Å². The zero-order valence-corrected chi connectivity index (χ0v) is 25.0. The summed E-state index contributed by atoms with van der Waals surface area (Å²) in [5.74, 6) is -0.0455. The van der Waals surface area contributed by atoms with Crippen molar-refractivity contribution in [3.8, 4) is 0 Å². The fourth-order valence-electron chi connectivity index (χ4n) is 4.53. The number of cyclic esters (lactones) is 1. The number of allylic oxidation sites excluding steroid dienone is 2. The van der Waals surface area contributed by atoms with Gasteiger partial charge in [0.15, 0.2) is 11.9 Å². The molecule has 2 aromatic rings. The average molecular weight is 563 g/mol. The second-order valence-corrected chi connectivity index (χ2v) is 12.6. The van der Waals surface area contributed by atoms with Gasteiger partial charge in [-0.2, -0.15) is 0 Å². The molecule has 220 valence electrons. The largest absolute Gasteiger partial charge is 0.493 e. The van der Waals surface area contributed by atoms with Crippen LogP contribution in [0.2, 0.25) is 0 Å². The molecule has 1 heterocycles. The quantitative estimate of drug-likeness (QED) is 0.215. The number of esters is 2. The van der Waals surface area contributed by atoms with Crippen LogP contribution in [0.5, 0.6) is 0 Å². The summed E-state index contributed by atoms with van der Waals surface area (Å²) in [6, 6.07) is 19.1. The summed E-state index contributed by atoms with van der Waals surface area (Å²) in [6.45, 7) is 12.0. The second kappa shape index (κ2) is 12.8.